The quantitative estimate of drug-likeness (QED) is 0.366. The second kappa shape index (κ2) is 12.2. The van der Waals surface area contributed by atoms with Crippen LogP contribution >= 0.6 is 23.4 Å². The first kappa shape index (κ1) is 25.3. The molecule has 1 heterocycles. The van der Waals surface area contributed by atoms with Crippen LogP contribution in [0.2, 0.25) is 0 Å². The van der Waals surface area contributed by atoms with Crippen LogP contribution in [0, 0.1) is 5.82 Å². The number of nitrogens with zero attached hydrogens (tertiary/aromatic N) is 1. The van der Waals surface area contributed by atoms with E-state index in [0.717, 1.165) is 42.8 Å². The molecule has 1 aliphatic rings. The second-order valence-electron chi connectivity index (χ2n) is 8.20. The Labute approximate surface area is 203 Å². The molecular weight excluding hydrogens is 465 g/mol. The van der Waals surface area contributed by atoms with Crippen LogP contribution < -0.4 is 15.4 Å². The van der Waals surface area contributed by atoms with Gasteiger partial charge in [-0.05, 0) is 69.5 Å². The van der Waals surface area contributed by atoms with Crippen molar-refractivity contribution in [2.24, 2.45) is 0 Å². The number of thioether (sulfide) groups is 1. The van der Waals surface area contributed by atoms with Crippen LogP contribution in [0.3, 0.4) is 0 Å². The maximum absolute atomic E-state index is 13.9. The monoisotopic (exact) mass is 493 g/mol. The molecule has 1 saturated carbocycles. The Bertz CT molecular complexity index is 968. The van der Waals surface area contributed by atoms with Crippen LogP contribution in [0.1, 0.15) is 55.8 Å². The van der Waals surface area contributed by atoms with Gasteiger partial charge in [0, 0.05) is 28.8 Å². The number of pyridine rings is 1. The van der Waals surface area contributed by atoms with Gasteiger partial charge in [-0.2, -0.15) is 0 Å². The Hall–Kier alpha value is -2.32. The average Bonchev–Trinajstić information content (AvgIpc) is 2.80. The first-order valence-electron chi connectivity index (χ1n) is 11.1. The first-order chi connectivity index (χ1) is 15.8. The van der Waals surface area contributed by atoms with Crippen molar-refractivity contribution < 1.29 is 18.7 Å². The third-order valence-corrected chi connectivity index (χ3v) is 6.46. The van der Waals surface area contributed by atoms with Gasteiger partial charge in [-0.3, -0.25) is 9.59 Å². The van der Waals surface area contributed by atoms with Crippen molar-refractivity contribution in [3.05, 3.63) is 47.9 Å². The van der Waals surface area contributed by atoms with Gasteiger partial charge in [0.25, 0.3) is 5.91 Å². The topological polar surface area (TPSA) is 80.3 Å². The molecule has 2 aromatic rings. The second-order valence-corrected chi connectivity index (χ2v) is 9.82. The van der Waals surface area contributed by atoms with E-state index >= 15 is 0 Å². The van der Waals surface area contributed by atoms with Gasteiger partial charge in [0.05, 0.1) is 6.20 Å². The van der Waals surface area contributed by atoms with Crippen molar-refractivity contribution in [2.45, 2.75) is 67.8 Å². The Balaban J connectivity index is 1.57. The minimum Gasteiger partial charge on any atom is -0.438 e. The summed E-state index contributed by atoms with van der Waals surface area (Å²) >= 11 is 7.47. The summed E-state index contributed by atoms with van der Waals surface area (Å²) in [5, 5.41) is 5.98. The number of amides is 2. The highest BCUT2D eigenvalue weighted by Gasteiger charge is 2.25. The van der Waals surface area contributed by atoms with E-state index in [-0.39, 0.29) is 34.8 Å². The van der Waals surface area contributed by atoms with Crippen molar-refractivity contribution in [3.8, 4) is 11.6 Å². The van der Waals surface area contributed by atoms with E-state index in [1.807, 2.05) is 31.4 Å². The van der Waals surface area contributed by atoms with E-state index < -0.39 is 11.7 Å². The molecule has 1 aromatic carbocycles. The van der Waals surface area contributed by atoms with Gasteiger partial charge in [0.2, 0.25) is 11.8 Å². The molecule has 0 aliphatic heterocycles. The Morgan fingerprint density at radius 1 is 1.21 bits per heavy atom. The summed E-state index contributed by atoms with van der Waals surface area (Å²) in [4.78, 5) is 29.9. The van der Waals surface area contributed by atoms with Crippen molar-refractivity contribution in [3.63, 3.8) is 0 Å². The number of ether oxygens (including phenoxy) is 1. The molecule has 0 bridgehead atoms. The molecule has 178 valence electrons. The fourth-order valence-corrected chi connectivity index (χ4v) is 4.28. The zero-order chi connectivity index (χ0) is 23.8. The summed E-state index contributed by atoms with van der Waals surface area (Å²) in [6, 6.07) is 8.55. The normalized spacial score (nSPS) is 18.9. The third kappa shape index (κ3) is 7.89. The Morgan fingerprint density at radius 2 is 1.91 bits per heavy atom. The van der Waals surface area contributed by atoms with E-state index in [4.69, 9.17) is 16.3 Å². The highest BCUT2D eigenvalue weighted by atomic mass is 35.5. The number of hydrogen-bond donors (Lipinski definition) is 2. The van der Waals surface area contributed by atoms with Crippen molar-refractivity contribution >= 4 is 35.2 Å². The lowest BCUT2D eigenvalue weighted by molar-refractivity contribution is -0.122. The van der Waals surface area contributed by atoms with Crippen LogP contribution in [0.5, 0.6) is 11.6 Å². The SMILES string of the molecule is CSc1cccc(Oc2ncc(F)cc2C(=O)NC2CCC(NC(=O)CCC(C)Cl)CC2)c1. The maximum Gasteiger partial charge on any atom is 0.257 e. The summed E-state index contributed by atoms with van der Waals surface area (Å²) in [5.41, 5.74) is 0.0511. The summed E-state index contributed by atoms with van der Waals surface area (Å²) in [7, 11) is 0. The van der Waals surface area contributed by atoms with E-state index in [0.29, 0.717) is 18.6 Å². The van der Waals surface area contributed by atoms with Gasteiger partial charge >= 0.3 is 0 Å². The number of nitrogens with one attached hydrogen (secondary N) is 2. The molecule has 2 amide bonds. The molecule has 0 radical (unpaired) electrons. The number of alkyl halides is 1. The fourth-order valence-electron chi connectivity index (χ4n) is 3.72. The molecule has 1 aromatic heterocycles. The number of rotatable bonds is 9. The fraction of sp³-hybridized carbons (Fsp3) is 0.458. The molecule has 1 unspecified atom stereocenters. The lowest BCUT2D eigenvalue weighted by atomic mass is 9.91. The standard InChI is InChI=1S/C24H29ClFN3O3S/c1-15(25)6-11-22(30)28-17-7-9-18(10-8-17)29-23(31)21-12-16(26)14-27-24(21)32-19-4-3-5-20(13-19)33-2/h3-5,12-15,17-18H,6-11H2,1-2H3,(H,28,30)(H,29,31). The number of carbonyl (C=O) groups is 2. The molecular formula is C24H29ClFN3O3S. The molecule has 0 spiro atoms. The molecule has 3 rings (SSSR count). The smallest absolute Gasteiger partial charge is 0.257 e. The van der Waals surface area contributed by atoms with Crippen LogP contribution in [0.25, 0.3) is 0 Å². The molecule has 1 fully saturated rings. The van der Waals surface area contributed by atoms with Crippen molar-refractivity contribution in [1.82, 2.24) is 15.6 Å². The average molecular weight is 494 g/mol. The Kier molecular flexibility index (Phi) is 9.38. The molecule has 0 saturated heterocycles. The predicted octanol–water partition coefficient (Wildman–Crippen LogP) is 5.30. The molecule has 2 N–H and O–H groups in total. The zero-order valence-corrected chi connectivity index (χ0v) is 20.3. The number of hydrogen-bond acceptors (Lipinski definition) is 5. The lowest BCUT2D eigenvalue weighted by Crippen LogP contribution is -2.43. The third-order valence-electron chi connectivity index (χ3n) is 5.51. The lowest BCUT2D eigenvalue weighted by Gasteiger charge is -2.29. The summed E-state index contributed by atoms with van der Waals surface area (Å²) in [6.07, 6.45) is 7.01. The molecule has 6 nitrogen and oxygen atoms in total. The molecule has 33 heavy (non-hydrogen) atoms. The van der Waals surface area contributed by atoms with Crippen LogP contribution in [-0.2, 0) is 4.79 Å². The van der Waals surface area contributed by atoms with Crippen LogP contribution in [-0.4, -0.2) is 40.5 Å². The maximum atomic E-state index is 13.9. The Morgan fingerprint density at radius 3 is 2.58 bits per heavy atom. The first-order valence-corrected chi connectivity index (χ1v) is 12.7. The highest BCUT2D eigenvalue weighted by molar-refractivity contribution is 7.98. The zero-order valence-electron chi connectivity index (χ0n) is 18.8. The van der Waals surface area contributed by atoms with Crippen LogP contribution in [0.4, 0.5) is 4.39 Å². The van der Waals surface area contributed by atoms with Gasteiger partial charge < -0.3 is 15.4 Å². The number of aromatic nitrogens is 1. The van der Waals surface area contributed by atoms with Crippen LogP contribution in [0.15, 0.2) is 41.4 Å². The van der Waals surface area contributed by atoms with E-state index in [2.05, 4.69) is 15.6 Å². The van der Waals surface area contributed by atoms with E-state index in [1.54, 1.807) is 17.8 Å². The largest absolute Gasteiger partial charge is 0.438 e. The number of benzene rings is 1. The number of halogens is 2. The molecule has 1 atom stereocenters. The van der Waals surface area contributed by atoms with Gasteiger partial charge in [-0.25, -0.2) is 9.37 Å². The molecule has 1 aliphatic carbocycles. The van der Waals surface area contributed by atoms with E-state index in [9.17, 15) is 14.0 Å². The minimum atomic E-state index is -0.608. The summed E-state index contributed by atoms with van der Waals surface area (Å²) in [5.74, 6) is -0.450. The van der Waals surface area contributed by atoms with Gasteiger partial charge in [0.15, 0.2) is 0 Å². The van der Waals surface area contributed by atoms with Gasteiger partial charge in [-0.1, -0.05) is 6.07 Å². The highest BCUT2D eigenvalue weighted by Crippen LogP contribution is 2.28. The van der Waals surface area contributed by atoms with Gasteiger partial charge in [0.1, 0.15) is 17.1 Å². The number of carbonyl (C=O) groups excluding carboxylic acids is 2. The molecule has 9 heteroatoms. The summed E-state index contributed by atoms with van der Waals surface area (Å²) in [6.45, 7) is 1.87. The van der Waals surface area contributed by atoms with Gasteiger partial charge in [-0.15, -0.1) is 23.4 Å². The predicted molar refractivity (Wildman–Crippen MR) is 129 cm³/mol. The van der Waals surface area contributed by atoms with Crippen molar-refractivity contribution in [2.75, 3.05) is 6.26 Å². The van der Waals surface area contributed by atoms with Crippen molar-refractivity contribution in [1.29, 1.82) is 0 Å². The van der Waals surface area contributed by atoms with E-state index in [1.165, 1.54) is 0 Å². The summed E-state index contributed by atoms with van der Waals surface area (Å²) < 4.78 is 19.7. The minimum absolute atomic E-state index is 0.00755.